The number of alkyl halides is 3. The van der Waals surface area contributed by atoms with Crippen molar-refractivity contribution in [1.82, 2.24) is 24.8 Å². The van der Waals surface area contributed by atoms with E-state index in [1.807, 2.05) is 13.8 Å². The first-order valence-electron chi connectivity index (χ1n) is 13.2. The predicted molar refractivity (Wildman–Crippen MR) is 143 cm³/mol. The minimum Gasteiger partial charge on any atom is -0.468 e. The molecule has 3 heterocycles. The minimum atomic E-state index is -4.65. The van der Waals surface area contributed by atoms with Gasteiger partial charge in [0.15, 0.2) is 12.3 Å². The van der Waals surface area contributed by atoms with Crippen molar-refractivity contribution >= 4 is 17.9 Å². The van der Waals surface area contributed by atoms with E-state index in [9.17, 15) is 22.8 Å². The average molecular weight is 567 g/mol. The third kappa shape index (κ3) is 8.68. The molecule has 0 unspecified atom stereocenters. The fourth-order valence-corrected chi connectivity index (χ4v) is 3.92. The first kappa shape index (κ1) is 30.9. The topological polar surface area (TPSA) is 110 Å². The summed E-state index contributed by atoms with van der Waals surface area (Å²) in [6.07, 6.45) is -2.96. The number of anilines is 1. The Kier molecular flexibility index (Phi) is 9.80. The Morgan fingerprint density at radius 3 is 2.25 bits per heavy atom. The van der Waals surface area contributed by atoms with E-state index in [1.54, 1.807) is 36.6 Å². The first-order chi connectivity index (χ1) is 18.6. The number of piperazine rings is 1. The molecule has 1 fully saturated rings. The highest BCUT2D eigenvalue weighted by Gasteiger charge is 2.36. The molecule has 0 aliphatic carbocycles. The molecule has 2 aromatic rings. The summed E-state index contributed by atoms with van der Waals surface area (Å²) in [5.41, 5.74) is -1.26. The summed E-state index contributed by atoms with van der Waals surface area (Å²) < 4.78 is 51.9. The smallest absolute Gasteiger partial charge is 0.433 e. The van der Waals surface area contributed by atoms with Gasteiger partial charge < -0.3 is 24.6 Å². The van der Waals surface area contributed by atoms with Gasteiger partial charge in [0.25, 0.3) is 5.91 Å². The molecule has 10 nitrogen and oxygen atoms in total. The van der Waals surface area contributed by atoms with Gasteiger partial charge in [0.05, 0.1) is 5.69 Å². The standard InChI is InChI=1S/C27H37F3N6O4/c1-17(2)9-10-31-24-33-22(18(3)23(34-24)27(28,29)30)19-7-8-20(32-15-19)39-16-21(37)35-11-13-36(14-12-35)25(38)40-26(4,5)6/h7-8,15,17H,9-14,16H2,1-6H3,(H,31,33,34). The zero-order valence-corrected chi connectivity index (χ0v) is 23.8. The lowest BCUT2D eigenvalue weighted by Crippen LogP contribution is -2.52. The first-order valence-corrected chi connectivity index (χ1v) is 13.2. The summed E-state index contributed by atoms with van der Waals surface area (Å²) in [6.45, 7) is 12.3. The quantitative estimate of drug-likeness (QED) is 0.486. The van der Waals surface area contributed by atoms with Crippen molar-refractivity contribution < 1.29 is 32.2 Å². The Hall–Kier alpha value is -3.64. The zero-order valence-electron chi connectivity index (χ0n) is 23.8. The Balaban J connectivity index is 1.62. The van der Waals surface area contributed by atoms with E-state index in [2.05, 4.69) is 20.3 Å². The van der Waals surface area contributed by atoms with Gasteiger partial charge in [-0.2, -0.15) is 13.2 Å². The van der Waals surface area contributed by atoms with E-state index in [0.717, 1.165) is 6.42 Å². The van der Waals surface area contributed by atoms with Crippen molar-refractivity contribution in [3.8, 4) is 17.1 Å². The number of ether oxygens (including phenoxy) is 2. The number of nitrogens with one attached hydrogen (secondary N) is 1. The number of rotatable bonds is 8. The highest BCUT2D eigenvalue weighted by Crippen LogP contribution is 2.35. The van der Waals surface area contributed by atoms with E-state index in [-0.39, 0.29) is 35.6 Å². The molecular weight excluding hydrogens is 529 g/mol. The Morgan fingerprint density at radius 1 is 1.05 bits per heavy atom. The van der Waals surface area contributed by atoms with Crippen molar-refractivity contribution in [2.24, 2.45) is 5.92 Å². The molecule has 0 saturated carbocycles. The van der Waals surface area contributed by atoms with E-state index in [4.69, 9.17) is 9.47 Å². The van der Waals surface area contributed by atoms with Crippen LogP contribution in [0.1, 0.15) is 52.3 Å². The molecule has 2 aromatic heterocycles. The predicted octanol–water partition coefficient (Wildman–Crippen LogP) is 4.78. The van der Waals surface area contributed by atoms with Crippen LogP contribution in [0.25, 0.3) is 11.3 Å². The van der Waals surface area contributed by atoms with Gasteiger partial charge in [0.1, 0.15) is 5.60 Å². The van der Waals surface area contributed by atoms with Crippen LogP contribution in [0.4, 0.5) is 23.9 Å². The molecule has 220 valence electrons. The van der Waals surface area contributed by atoms with Crippen molar-refractivity contribution in [3.63, 3.8) is 0 Å². The minimum absolute atomic E-state index is 0.104. The van der Waals surface area contributed by atoms with Crippen LogP contribution in [0.2, 0.25) is 0 Å². The van der Waals surface area contributed by atoms with Crippen LogP contribution in [0.3, 0.4) is 0 Å². The highest BCUT2D eigenvalue weighted by atomic mass is 19.4. The number of hydrogen-bond acceptors (Lipinski definition) is 8. The molecule has 1 aliphatic rings. The number of pyridine rings is 1. The summed E-state index contributed by atoms with van der Waals surface area (Å²) >= 11 is 0. The van der Waals surface area contributed by atoms with Crippen molar-refractivity contribution in [2.75, 3.05) is 44.6 Å². The monoisotopic (exact) mass is 566 g/mol. The lowest BCUT2D eigenvalue weighted by Gasteiger charge is -2.35. The molecule has 0 aromatic carbocycles. The summed E-state index contributed by atoms with van der Waals surface area (Å²) in [7, 11) is 0. The van der Waals surface area contributed by atoms with Crippen LogP contribution in [-0.2, 0) is 15.7 Å². The van der Waals surface area contributed by atoms with E-state index in [1.165, 1.54) is 19.2 Å². The lowest BCUT2D eigenvalue weighted by atomic mass is 10.1. The molecule has 1 aliphatic heterocycles. The van der Waals surface area contributed by atoms with Crippen molar-refractivity contribution in [3.05, 3.63) is 29.6 Å². The molecule has 0 bridgehead atoms. The molecule has 0 radical (unpaired) electrons. The molecule has 0 spiro atoms. The molecular formula is C27H37F3N6O4. The third-order valence-electron chi connectivity index (χ3n) is 6.06. The summed E-state index contributed by atoms with van der Waals surface area (Å²) in [6, 6.07) is 3.02. The van der Waals surface area contributed by atoms with Gasteiger partial charge in [-0.3, -0.25) is 4.79 Å². The molecule has 1 saturated heterocycles. The van der Waals surface area contributed by atoms with E-state index >= 15 is 0 Å². The summed E-state index contributed by atoms with van der Waals surface area (Å²) in [5, 5.41) is 2.88. The molecule has 0 atom stereocenters. The van der Waals surface area contributed by atoms with Crippen LogP contribution in [0.15, 0.2) is 18.3 Å². The SMILES string of the molecule is Cc1c(-c2ccc(OCC(=O)N3CCN(C(=O)OC(C)(C)C)CC3)nc2)nc(NCCC(C)C)nc1C(F)(F)F. The maximum Gasteiger partial charge on any atom is 0.433 e. The molecule has 2 amide bonds. The van der Waals surface area contributed by atoms with Gasteiger partial charge in [0.2, 0.25) is 11.8 Å². The highest BCUT2D eigenvalue weighted by molar-refractivity contribution is 5.78. The number of halogens is 3. The number of nitrogens with zero attached hydrogens (tertiary/aromatic N) is 5. The van der Waals surface area contributed by atoms with Gasteiger partial charge in [0, 0.05) is 56.1 Å². The van der Waals surface area contributed by atoms with E-state index < -0.39 is 23.6 Å². The lowest BCUT2D eigenvalue weighted by molar-refractivity contribution is -0.141. The second-order valence-corrected chi connectivity index (χ2v) is 11.0. The molecule has 1 N–H and O–H groups in total. The number of carbonyl (C=O) groups excluding carboxylic acids is 2. The summed E-state index contributed by atoms with van der Waals surface area (Å²) in [4.78, 5) is 40.2. The Labute approximate surface area is 232 Å². The van der Waals surface area contributed by atoms with Gasteiger partial charge in [-0.1, -0.05) is 13.8 Å². The number of aromatic nitrogens is 3. The number of amides is 2. The van der Waals surface area contributed by atoms with Crippen molar-refractivity contribution in [1.29, 1.82) is 0 Å². The molecule has 13 heteroatoms. The van der Waals surface area contributed by atoms with Crippen LogP contribution >= 0.6 is 0 Å². The normalized spacial score (nSPS) is 14.3. The maximum atomic E-state index is 13.7. The second kappa shape index (κ2) is 12.7. The number of hydrogen-bond donors (Lipinski definition) is 1. The zero-order chi connectivity index (χ0) is 29.7. The Bertz CT molecular complexity index is 1170. The molecule has 3 rings (SSSR count). The van der Waals surface area contributed by atoms with Crippen LogP contribution in [0, 0.1) is 12.8 Å². The van der Waals surface area contributed by atoms with Crippen LogP contribution < -0.4 is 10.1 Å². The molecule has 40 heavy (non-hydrogen) atoms. The fraction of sp³-hybridized carbons (Fsp3) is 0.593. The van der Waals surface area contributed by atoms with Crippen LogP contribution in [0.5, 0.6) is 5.88 Å². The van der Waals surface area contributed by atoms with Gasteiger partial charge in [-0.05, 0) is 46.1 Å². The second-order valence-electron chi connectivity index (χ2n) is 11.0. The van der Waals surface area contributed by atoms with Crippen LogP contribution in [-0.4, -0.2) is 81.7 Å². The van der Waals surface area contributed by atoms with Gasteiger partial charge in [-0.25, -0.2) is 19.7 Å². The Morgan fingerprint density at radius 2 is 1.70 bits per heavy atom. The fourth-order valence-electron chi connectivity index (χ4n) is 3.92. The van der Waals surface area contributed by atoms with Crippen molar-refractivity contribution in [2.45, 2.75) is 59.7 Å². The average Bonchev–Trinajstić information content (AvgIpc) is 2.86. The third-order valence-corrected chi connectivity index (χ3v) is 6.06. The number of carbonyl (C=O) groups is 2. The largest absolute Gasteiger partial charge is 0.468 e. The van der Waals surface area contributed by atoms with E-state index in [0.29, 0.717) is 44.2 Å². The van der Waals surface area contributed by atoms with Gasteiger partial charge >= 0.3 is 12.3 Å². The maximum absolute atomic E-state index is 13.7. The summed E-state index contributed by atoms with van der Waals surface area (Å²) in [5.74, 6) is 0.132. The van der Waals surface area contributed by atoms with Gasteiger partial charge in [-0.15, -0.1) is 0 Å².